The van der Waals surface area contributed by atoms with E-state index in [1.54, 1.807) is 0 Å². The van der Waals surface area contributed by atoms with Gasteiger partial charge in [0.1, 0.15) is 0 Å². The van der Waals surface area contributed by atoms with Crippen molar-refractivity contribution in [1.29, 1.82) is 0 Å². The molecule has 0 spiro atoms. The zero-order chi connectivity index (χ0) is 7.71. The Morgan fingerprint density at radius 1 is 1.30 bits per heavy atom. The normalized spacial score (nSPS) is 12.5. The van der Waals surface area contributed by atoms with Crippen LogP contribution in [0.2, 0.25) is 0 Å². The van der Waals surface area contributed by atoms with E-state index >= 15 is 0 Å². The Bertz CT molecular complexity index is 135. The number of hydrogen-bond donors (Lipinski definition) is 0. The third-order valence-electron chi connectivity index (χ3n) is 0.386. The molecule has 0 fully saturated rings. The Balaban J connectivity index is 0. The Kier molecular flexibility index (Phi) is 5.08. The Morgan fingerprint density at radius 3 is 1.60 bits per heavy atom. The van der Waals surface area contributed by atoms with Gasteiger partial charge in [-0.05, 0) is 20.8 Å². The summed E-state index contributed by atoms with van der Waals surface area (Å²) in [6, 6.07) is 0. The summed E-state index contributed by atoms with van der Waals surface area (Å²) in [5.74, 6) is 0. The molecule has 0 N–H and O–H groups in total. The molecule has 0 saturated carbocycles. The average Bonchev–Trinajstić information content (AvgIpc) is 1.14. The summed E-state index contributed by atoms with van der Waals surface area (Å²) >= 11 is 0. The zero-order valence-electron chi connectivity index (χ0n) is 5.90. The van der Waals surface area contributed by atoms with Crippen LogP contribution >= 0.6 is 7.82 Å². The molecule has 10 heavy (non-hydrogen) atoms. The fraction of sp³-hybridized carbons (Fsp3) is 1.00. The predicted octanol–water partition coefficient (Wildman–Crippen LogP) is -0.372. The average molecular weight is 211 g/mol. The number of hydrogen-bond acceptors (Lipinski definition) is 4. The van der Waals surface area contributed by atoms with E-state index in [4.69, 9.17) is 0 Å². The number of rotatable bonds is 1. The first-order valence-corrected chi connectivity index (χ1v) is 3.90. The summed E-state index contributed by atoms with van der Waals surface area (Å²) in [5.41, 5.74) is -0.904. The van der Waals surface area contributed by atoms with Crippen molar-refractivity contribution in [2.24, 2.45) is 0 Å². The SMILES string of the molecule is CC(C)(C)OP(=O)([O-])[O-].[Ni+2]. The molecule has 0 amide bonds. The van der Waals surface area contributed by atoms with E-state index < -0.39 is 13.4 Å². The van der Waals surface area contributed by atoms with Gasteiger partial charge in [-0.1, -0.05) is 0 Å². The molecule has 0 rings (SSSR count). The first-order valence-electron chi connectivity index (χ1n) is 2.43. The van der Waals surface area contributed by atoms with Gasteiger partial charge in [0.25, 0.3) is 0 Å². The topological polar surface area (TPSA) is 72.4 Å². The minimum absolute atomic E-state index is 0. The third kappa shape index (κ3) is 11.4. The molecule has 6 heteroatoms. The molecule has 0 radical (unpaired) electrons. The van der Waals surface area contributed by atoms with Crippen LogP contribution in [0.5, 0.6) is 0 Å². The van der Waals surface area contributed by atoms with Crippen molar-refractivity contribution in [3.05, 3.63) is 0 Å². The molecule has 0 saturated heterocycles. The van der Waals surface area contributed by atoms with Crippen LogP contribution in [0.3, 0.4) is 0 Å². The van der Waals surface area contributed by atoms with Crippen molar-refractivity contribution < 1.29 is 35.4 Å². The van der Waals surface area contributed by atoms with Crippen molar-refractivity contribution in [2.45, 2.75) is 26.4 Å². The minimum Gasteiger partial charge on any atom is -0.790 e. The van der Waals surface area contributed by atoms with Crippen LogP contribution in [0.25, 0.3) is 0 Å². The van der Waals surface area contributed by atoms with Crippen LogP contribution in [-0.2, 0) is 25.6 Å². The summed E-state index contributed by atoms with van der Waals surface area (Å²) in [6.45, 7) is 4.49. The van der Waals surface area contributed by atoms with E-state index in [1.165, 1.54) is 20.8 Å². The molecule has 0 bridgehead atoms. The van der Waals surface area contributed by atoms with Crippen LogP contribution in [0.15, 0.2) is 0 Å². The predicted molar refractivity (Wildman–Crippen MR) is 28.4 cm³/mol. The molecule has 0 aliphatic rings. The molecule has 0 aromatic carbocycles. The van der Waals surface area contributed by atoms with Crippen molar-refractivity contribution in [1.82, 2.24) is 0 Å². The van der Waals surface area contributed by atoms with E-state index in [1.807, 2.05) is 0 Å². The molecular weight excluding hydrogens is 202 g/mol. The van der Waals surface area contributed by atoms with Crippen LogP contribution in [-0.4, -0.2) is 5.60 Å². The van der Waals surface area contributed by atoms with Gasteiger partial charge in [-0.2, -0.15) is 0 Å². The van der Waals surface area contributed by atoms with E-state index in [0.29, 0.717) is 0 Å². The van der Waals surface area contributed by atoms with Gasteiger partial charge in [0.2, 0.25) is 0 Å². The quantitative estimate of drug-likeness (QED) is 0.437. The van der Waals surface area contributed by atoms with Crippen molar-refractivity contribution >= 4 is 7.82 Å². The monoisotopic (exact) mass is 210 g/mol. The Labute approximate surface area is 70.1 Å². The molecular formula is C4H9NiO4P. The standard InChI is InChI=1S/C4H11O4P.Ni/c1-4(2,3)8-9(5,6)7;/h1-3H3,(H2,5,6,7);/q;+2/p-2. The Hall–Kier alpha value is 0.604. The van der Waals surface area contributed by atoms with Crippen LogP contribution in [0.1, 0.15) is 20.8 Å². The van der Waals surface area contributed by atoms with Gasteiger partial charge >= 0.3 is 16.5 Å². The Morgan fingerprint density at radius 2 is 1.60 bits per heavy atom. The zero-order valence-corrected chi connectivity index (χ0v) is 7.78. The number of phosphoric ester groups is 1. The van der Waals surface area contributed by atoms with E-state index in [2.05, 4.69) is 4.52 Å². The van der Waals surface area contributed by atoms with Crippen molar-refractivity contribution in [3.8, 4) is 0 Å². The maximum absolute atomic E-state index is 9.90. The molecule has 0 atom stereocenters. The molecule has 0 aliphatic heterocycles. The van der Waals surface area contributed by atoms with Crippen molar-refractivity contribution in [2.75, 3.05) is 0 Å². The van der Waals surface area contributed by atoms with E-state index in [9.17, 15) is 14.4 Å². The molecule has 64 valence electrons. The van der Waals surface area contributed by atoms with Gasteiger partial charge in [-0.25, -0.2) is 0 Å². The second-order valence-electron chi connectivity index (χ2n) is 2.65. The van der Waals surface area contributed by atoms with Gasteiger partial charge in [-0.15, -0.1) is 0 Å². The maximum atomic E-state index is 9.90. The van der Waals surface area contributed by atoms with E-state index in [0.717, 1.165) is 0 Å². The van der Waals surface area contributed by atoms with Crippen LogP contribution in [0, 0.1) is 0 Å². The van der Waals surface area contributed by atoms with Gasteiger partial charge < -0.3 is 18.9 Å². The molecule has 0 aliphatic carbocycles. The maximum Gasteiger partial charge on any atom is 2.00 e. The molecule has 0 aromatic heterocycles. The largest absolute Gasteiger partial charge is 2.00 e. The first-order chi connectivity index (χ1) is 3.71. The summed E-state index contributed by atoms with van der Waals surface area (Å²) in [5, 5.41) is 0. The van der Waals surface area contributed by atoms with Crippen LogP contribution < -0.4 is 9.79 Å². The molecule has 0 aromatic rings. The van der Waals surface area contributed by atoms with Gasteiger partial charge in [0.05, 0.1) is 13.4 Å². The summed E-state index contributed by atoms with van der Waals surface area (Å²) in [6.07, 6.45) is 0. The first kappa shape index (κ1) is 13.2. The number of phosphoric acid groups is 1. The minimum atomic E-state index is -4.79. The second kappa shape index (κ2) is 3.84. The summed E-state index contributed by atoms with van der Waals surface area (Å²) in [7, 11) is -4.79. The third-order valence-corrected chi connectivity index (χ3v) is 1.16. The molecule has 4 nitrogen and oxygen atoms in total. The second-order valence-corrected chi connectivity index (χ2v) is 3.73. The summed E-state index contributed by atoms with van der Waals surface area (Å²) < 4.78 is 14.0. The molecule has 0 unspecified atom stereocenters. The van der Waals surface area contributed by atoms with Gasteiger partial charge in [-0.3, -0.25) is 0 Å². The van der Waals surface area contributed by atoms with Crippen LogP contribution in [0.4, 0.5) is 0 Å². The fourth-order valence-electron chi connectivity index (χ4n) is 0.335. The van der Waals surface area contributed by atoms with Crippen molar-refractivity contribution in [3.63, 3.8) is 0 Å². The summed E-state index contributed by atoms with van der Waals surface area (Å²) in [4.78, 5) is 19.8. The van der Waals surface area contributed by atoms with E-state index in [-0.39, 0.29) is 16.5 Å². The smallest absolute Gasteiger partial charge is 0.790 e. The molecule has 0 heterocycles. The van der Waals surface area contributed by atoms with Gasteiger partial charge in [0.15, 0.2) is 0 Å². The van der Waals surface area contributed by atoms with Gasteiger partial charge in [0, 0.05) is 0 Å². The fourth-order valence-corrected chi connectivity index (χ4v) is 1.01.